The number of likely N-dealkylation sites (tertiary alicyclic amines) is 1. The maximum atomic E-state index is 15.0. The summed E-state index contributed by atoms with van der Waals surface area (Å²) >= 11 is 0. The van der Waals surface area contributed by atoms with Crippen LogP contribution < -0.4 is 0 Å². The van der Waals surface area contributed by atoms with Crippen molar-refractivity contribution in [3.8, 4) is 0 Å². The van der Waals surface area contributed by atoms with E-state index in [1.165, 1.54) is 17.7 Å². The minimum Gasteiger partial charge on any atom is -0.481 e. The first-order valence-electron chi connectivity index (χ1n) is 16.1. The number of aryl methyl sites for hydroxylation is 1. The number of halogens is 8. The predicted octanol–water partition coefficient (Wildman–Crippen LogP) is 8.42. The number of carboxylic acids is 1. The average molecular weight is 726 g/mol. The smallest absolute Gasteiger partial charge is 0.435 e. The van der Waals surface area contributed by atoms with Gasteiger partial charge in [0, 0.05) is 18.0 Å². The molecule has 1 heterocycles. The van der Waals surface area contributed by atoms with E-state index in [-0.39, 0.29) is 73.6 Å². The molecule has 1 saturated heterocycles. The number of carboxylic acid groups (broad SMARTS) is 1. The Bertz CT molecular complexity index is 1630. The molecule has 0 unspecified atom stereocenters. The first kappa shape index (κ1) is 38.6. The second-order valence-corrected chi connectivity index (χ2v) is 15.6. The maximum Gasteiger partial charge on any atom is 0.435 e. The van der Waals surface area contributed by atoms with Gasteiger partial charge in [0.15, 0.2) is 9.84 Å². The lowest BCUT2D eigenvalue weighted by Crippen LogP contribution is -2.54. The molecule has 1 amide bonds. The van der Waals surface area contributed by atoms with Crippen LogP contribution in [0, 0.1) is 17.2 Å². The molecule has 15 heteroatoms. The molecule has 6 nitrogen and oxygen atoms in total. The molecule has 0 spiro atoms. The number of unbranched alkanes of at least 4 members (excludes halogenated alkanes) is 1. The van der Waals surface area contributed by atoms with Gasteiger partial charge >= 0.3 is 24.0 Å². The van der Waals surface area contributed by atoms with Gasteiger partial charge in [-0.2, -0.15) is 26.3 Å². The monoisotopic (exact) mass is 725 g/mol. The van der Waals surface area contributed by atoms with Crippen LogP contribution in [0.25, 0.3) is 0 Å². The fraction of sp³-hybridized carbons (Fsp3) is 0.588. The molecule has 49 heavy (non-hydrogen) atoms. The molecule has 1 aliphatic heterocycles. The maximum absolute atomic E-state index is 15.0. The van der Waals surface area contributed by atoms with E-state index in [0.29, 0.717) is 6.07 Å². The van der Waals surface area contributed by atoms with Gasteiger partial charge in [0.1, 0.15) is 10.6 Å². The van der Waals surface area contributed by atoms with Gasteiger partial charge in [0.05, 0.1) is 16.4 Å². The number of sulfone groups is 1. The topological polar surface area (TPSA) is 91.8 Å². The Hall–Kier alpha value is -3.23. The van der Waals surface area contributed by atoms with Gasteiger partial charge < -0.3 is 10.0 Å². The highest BCUT2D eigenvalue weighted by molar-refractivity contribution is 7.92. The molecule has 0 aromatic heterocycles. The van der Waals surface area contributed by atoms with E-state index in [9.17, 15) is 58.2 Å². The summed E-state index contributed by atoms with van der Waals surface area (Å²) in [6, 6.07) is 4.07. The number of alkyl halides is 7. The van der Waals surface area contributed by atoms with E-state index in [1.54, 1.807) is 6.92 Å². The molecule has 2 aromatic carbocycles. The van der Waals surface area contributed by atoms with E-state index >= 15 is 0 Å². The molecule has 1 N–H and O–H groups in total. The van der Waals surface area contributed by atoms with Crippen LogP contribution in [0.1, 0.15) is 88.8 Å². The van der Waals surface area contributed by atoms with Crippen LogP contribution >= 0.6 is 0 Å². The zero-order chi connectivity index (χ0) is 36.8. The highest BCUT2D eigenvalue weighted by Crippen LogP contribution is 2.57. The molecule has 3 aliphatic rings. The minimum atomic E-state index is -6.37. The van der Waals surface area contributed by atoms with Crippen LogP contribution in [0.15, 0.2) is 47.4 Å². The Morgan fingerprint density at radius 1 is 0.878 bits per heavy atom. The van der Waals surface area contributed by atoms with E-state index in [4.69, 9.17) is 0 Å². The van der Waals surface area contributed by atoms with Crippen LogP contribution in [0.5, 0.6) is 0 Å². The van der Waals surface area contributed by atoms with Gasteiger partial charge in [0.2, 0.25) is 5.91 Å². The number of rotatable bonds is 6. The number of carbonyl (C=O) groups is 2. The lowest BCUT2D eigenvalue weighted by Gasteiger charge is -2.44. The Morgan fingerprint density at radius 2 is 1.43 bits per heavy atom. The van der Waals surface area contributed by atoms with Crippen molar-refractivity contribution < 1.29 is 58.2 Å². The fourth-order valence-corrected chi connectivity index (χ4v) is 9.64. The van der Waals surface area contributed by atoms with Gasteiger partial charge in [-0.05, 0) is 87.3 Å². The fourth-order valence-electron chi connectivity index (χ4n) is 7.27. The number of nitrogens with zero attached hydrogens (tertiary/aromatic N) is 1. The number of amides is 1. The van der Waals surface area contributed by atoms with Crippen molar-refractivity contribution in [3.63, 3.8) is 0 Å². The van der Waals surface area contributed by atoms with Crippen molar-refractivity contribution in [3.05, 3.63) is 65.0 Å². The van der Waals surface area contributed by atoms with Crippen molar-refractivity contribution in [2.45, 2.75) is 112 Å². The highest BCUT2D eigenvalue weighted by atomic mass is 32.2. The molecular weight excluding hydrogens is 686 g/mol. The van der Waals surface area contributed by atoms with Crippen LogP contribution in [0.2, 0.25) is 0 Å². The molecule has 2 aliphatic carbocycles. The number of fused-ring (bicyclic) bond motifs is 3. The largest absolute Gasteiger partial charge is 0.481 e. The number of hydrogen-bond acceptors (Lipinski definition) is 4. The first-order chi connectivity index (χ1) is 22.6. The number of carbonyl (C=O) groups excluding carboxylic acids is 1. The van der Waals surface area contributed by atoms with Gasteiger partial charge in [-0.1, -0.05) is 44.9 Å². The Balaban J connectivity index is 0.00000128. The van der Waals surface area contributed by atoms with E-state index < -0.39 is 73.2 Å². The molecular formula is C34H39F8NO5S. The number of hydrogen-bond donors (Lipinski definition) is 1. The summed E-state index contributed by atoms with van der Waals surface area (Å²) in [4.78, 5) is 26.5. The summed E-state index contributed by atoms with van der Waals surface area (Å²) in [7, 11) is -4.60. The second kappa shape index (κ2) is 13.5. The lowest BCUT2D eigenvalue weighted by atomic mass is 9.71. The number of aliphatic carboxylic acids is 1. The molecule has 1 saturated carbocycles. The molecule has 0 bridgehead atoms. The normalized spacial score (nSPS) is 25.9. The molecule has 272 valence electrons. The van der Waals surface area contributed by atoms with Gasteiger partial charge in [0.25, 0.3) is 0 Å². The van der Waals surface area contributed by atoms with Crippen molar-refractivity contribution in [1.82, 2.24) is 4.90 Å². The summed E-state index contributed by atoms with van der Waals surface area (Å²) < 4.78 is 137. The molecule has 2 aromatic rings. The summed E-state index contributed by atoms with van der Waals surface area (Å²) in [5.74, 6) is -2.82. The highest BCUT2D eigenvalue weighted by Gasteiger charge is 2.74. The van der Waals surface area contributed by atoms with Gasteiger partial charge in [-0.3, -0.25) is 9.59 Å². The molecule has 0 radical (unpaired) electrons. The third kappa shape index (κ3) is 6.44. The standard InChI is InChI=1S/C30H29F8NO5S.C4H10/c1-26(25(41)42)12-10-17(11-13-26)24(40)39-15-14-27(45(43,44)21-6-4-20(31)5-7-21)22-8-3-19(16-18(22)2-9-23(27)39)28(32,29(33,34)35)30(36,37)38;1-3-4-2/h3-8,16-17,23H,2,9-15H2,1H3,(H,41,42);3-4H2,1-2H3/t17?,23-,26?,27-;/m1./s1. The average Bonchev–Trinajstić information content (AvgIpc) is 3.45. The van der Waals surface area contributed by atoms with Crippen LogP contribution in [0.3, 0.4) is 0 Å². The number of benzene rings is 2. The zero-order valence-electron chi connectivity index (χ0n) is 27.2. The summed E-state index contributed by atoms with van der Waals surface area (Å²) in [5.41, 5.74) is -8.90. The minimum absolute atomic E-state index is 0.129. The van der Waals surface area contributed by atoms with Crippen LogP contribution in [0.4, 0.5) is 35.1 Å². The van der Waals surface area contributed by atoms with Gasteiger partial charge in [-0.15, -0.1) is 0 Å². The summed E-state index contributed by atoms with van der Waals surface area (Å²) in [5, 5.41) is 9.56. The van der Waals surface area contributed by atoms with Crippen molar-refractivity contribution >= 4 is 21.7 Å². The molecule has 2 atom stereocenters. The molecule has 5 rings (SSSR count). The zero-order valence-corrected chi connectivity index (χ0v) is 28.0. The van der Waals surface area contributed by atoms with Crippen molar-refractivity contribution in [2.75, 3.05) is 6.54 Å². The second-order valence-electron chi connectivity index (χ2n) is 13.3. The van der Waals surface area contributed by atoms with E-state index in [0.717, 1.165) is 30.3 Å². The van der Waals surface area contributed by atoms with Crippen molar-refractivity contribution in [2.24, 2.45) is 11.3 Å². The molecule has 2 fully saturated rings. The lowest BCUT2D eigenvalue weighted by molar-refractivity contribution is -0.348. The summed E-state index contributed by atoms with van der Waals surface area (Å²) in [6.45, 7) is 5.80. The third-order valence-electron chi connectivity index (χ3n) is 10.4. The third-order valence-corrected chi connectivity index (χ3v) is 13.0. The summed E-state index contributed by atoms with van der Waals surface area (Å²) in [6.07, 6.45) is -9.99. The SMILES string of the molecule is CC1(C(=O)O)CCC(C(=O)N2CC[C@@]3(S(=O)(=O)c4ccc(F)cc4)c4ccc(C(F)(C(F)(F)F)C(F)(F)F)cc4CC[C@@H]23)CC1.CCCC. The Morgan fingerprint density at radius 3 is 1.92 bits per heavy atom. The van der Waals surface area contributed by atoms with Gasteiger partial charge in [-0.25, -0.2) is 17.2 Å². The Labute approximate surface area is 279 Å². The predicted molar refractivity (Wildman–Crippen MR) is 163 cm³/mol. The van der Waals surface area contributed by atoms with E-state index in [1.807, 2.05) is 0 Å². The van der Waals surface area contributed by atoms with E-state index in [2.05, 4.69) is 13.8 Å². The van der Waals surface area contributed by atoms with Crippen molar-refractivity contribution in [1.29, 1.82) is 0 Å². The Kier molecular flexibility index (Phi) is 10.6. The quantitative estimate of drug-likeness (QED) is 0.239. The first-order valence-corrected chi connectivity index (χ1v) is 17.6. The van der Waals surface area contributed by atoms with Crippen LogP contribution in [-0.2, 0) is 36.3 Å². The van der Waals surface area contributed by atoms with Crippen LogP contribution in [-0.4, -0.2) is 55.2 Å².